The second-order valence-corrected chi connectivity index (χ2v) is 15.8. The van der Waals surface area contributed by atoms with Crippen LogP contribution in [0.4, 0.5) is 20.5 Å². The van der Waals surface area contributed by atoms with Crippen molar-refractivity contribution in [1.82, 2.24) is 39.0 Å². The largest absolute Gasteiger partial charge is 0.582 e. The van der Waals surface area contributed by atoms with Crippen LogP contribution in [0.25, 0.3) is 22.3 Å². The molecule has 0 radical (unpaired) electrons. The van der Waals surface area contributed by atoms with Gasteiger partial charge in [0.2, 0.25) is 5.95 Å². The van der Waals surface area contributed by atoms with Crippen molar-refractivity contribution in [3.63, 3.8) is 0 Å². The Hall–Kier alpha value is -2.82. The molecule has 4 aromatic rings. The molecule has 7 heterocycles. The van der Waals surface area contributed by atoms with Gasteiger partial charge in [-0.3, -0.25) is 18.9 Å². The molecule has 25 heteroatoms. The molecule has 246 valence electrons. The van der Waals surface area contributed by atoms with Gasteiger partial charge in [0.05, 0.1) is 32.5 Å². The molecule has 0 aromatic carbocycles. The van der Waals surface area contributed by atoms with Gasteiger partial charge in [-0.25, -0.2) is 28.7 Å². The summed E-state index contributed by atoms with van der Waals surface area (Å²) in [7, 11) is -2.54. The molecule has 7 rings (SSSR count). The molecule has 0 spiro atoms. The van der Waals surface area contributed by atoms with Gasteiger partial charge in [-0.15, -0.1) is 4.52 Å². The fourth-order valence-corrected chi connectivity index (χ4v) is 9.32. The Morgan fingerprint density at radius 3 is 2.63 bits per heavy atom. The topological polar surface area (TPSA) is 263 Å². The van der Waals surface area contributed by atoms with Crippen LogP contribution in [0.1, 0.15) is 12.5 Å². The molecule has 3 saturated heterocycles. The SMILES string of the molecule is Nc1nc2c(ncn2C2OC(CO)C(F)(F)C2P(O)(=S)OCC23COC(C(n4cnc5c(N)ncnc54)O2)C3O[P+](=O)S)c(=O)[nH]1. The second kappa shape index (κ2) is 11.1. The highest BCUT2D eigenvalue weighted by atomic mass is 32.7. The lowest BCUT2D eigenvalue weighted by molar-refractivity contribution is -0.182. The minimum absolute atomic E-state index is 0.0988. The number of nitrogens with two attached hydrogens (primary N) is 2. The van der Waals surface area contributed by atoms with Crippen LogP contribution < -0.4 is 17.0 Å². The number of imidazole rings is 2. The van der Waals surface area contributed by atoms with Crippen molar-refractivity contribution in [3.05, 3.63) is 29.3 Å². The molecule has 0 aliphatic carbocycles. The lowest BCUT2D eigenvalue weighted by atomic mass is 10.0. The Bertz CT molecular complexity index is 1980. The average Bonchev–Trinajstić information content (AvgIpc) is 3.78. The number of aliphatic hydroxyl groups is 1. The zero-order chi connectivity index (χ0) is 32.8. The van der Waals surface area contributed by atoms with Gasteiger partial charge in [0.15, 0.2) is 53.3 Å². The fraction of sp³-hybridized carbons (Fsp3) is 0.524. The van der Waals surface area contributed by atoms with Crippen molar-refractivity contribution in [2.75, 3.05) is 31.3 Å². The standard InChI is InChI=1S/C21H22F2N10O9P2S2/c22-21(23)7(1-34)40-18(33-6-29-9-15(33)30-19(25)31-16(9)35)12(21)44(37,46)39-3-20-2-38-10(11(20)42-43(36)45)17(41-20)32-5-28-8-13(24)26-4-27-14(8)32/h4-7,10-12,17-18,34H,1-3H2,(H6-,24,25,26,27,30,31,35,36,37,45,46)/p+1. The number of H-pyrrole nitrogens is 1. The van der Waals surface area contributed by atoms with Gasteiger partial charge in [-0.05, 0) is 16.4 Å². The van der Waals surface area contributed by atoms with Crippen LogP contribution in [0.5, 0.6) is 0 Å². The third-order valence-corrected chi connectivity index (χ3v) is 11.5. The van der Waals surface area contributed by atoms with E-state index in [0.29, 0.717) is 0 Å². The number of anilines is 2. The van der Waals surface area contributed by atoms with Crippen molar-refractivity contribution in [3.8, 4) is 0 Å². The van der Waals surface area contributed by atoms with E-state index in [1.165, 1.54) is 17.2 Å². The first-order valence-corrected chi connectivity index (χ1v) is 18.2. The number of nitrogens with one attached hydrogen (secondary N) is 1. The van der Waals surface area contributed by atoms with Crippen LogP contribution in [-0.4, -0.2) is 104 Å². The van der Waals surface area contributed by atoms with Crippen LogP contribution >= 0.6 is 26.0 Å². The van der Waals surface area contributed by atoms with Crippen LogP contribution in [0.2, 0.25) is 0 Å². The zero-order valence-electron chi connectivity index (χ0n) is 22.9. The van der Waals surface area contributed by atoms with Crippen LogP contribution in [0.3, 0.4) is 0 Å². The maximum atomic E-state index is 15.9. The van der Waals surface area contributed by atoms with Crippen LogP contribution in [-0.2, 0) is 39.6 Å². The molecule has 0 amide bonds. The van der Waals surface area contributed by atoms with Gasteiger partial charge in [0, 0.05) is 0 Å². The third kappa shape index (κ3) is 4.84. The number of fused-ring (bicyclic) bond motifs is 4. The summed E-state index contributed by atoms with van der Waals surface area (Å²) >= 11 is 9.19. The smallest absolute Gasteiger partial charge is 0.393 e. The highest BCUT2D eigenvalue weighted by molar-refractivity contribution is 8.39. The van der Waals surface area contributed by atoms with E-state index >= 15 is 8.78 Å². The molecule has 2 bridgehead atoms. The Morgan fingerprint density at radius 1 is 1.20 bits per heavy atom. The van der Waals surface area contributed by atoms with Gasteiger partial charge in [-0.1, -0.05) is 0 Å². The summed E-state index contributed by atoms with van der Waals surface area (Å²) in [4.78, 5) is 46.3. The van der Waals surface area contributed by atoms with E-state index in [9.17, 15) is 19.4 Å². The number of hydrogen-bond acceptors (Lipinski definition) is 16. The number of halogens is 2. The Morgan fingerprint density at radius 2 is 1.91 bits per heavy atom. The zero-order valence-corrected chi connectivity index (χ0v) is 26.4. The summed E-state index contributed by atoms with van der Waals surface area (Å²) in [5, 5.41) is 9.74. The monoisotopic (exact) mass is 723 g/mol. The van der Waals surface area contributed by atoms with Gasteiger partial charge < -0.3 is 40.2 Å². The minimum atomic E-state index is -4.67. The molecule has 46 heavy (non-hydrogen) atoms. The first-order chi connectivity index (χ1) is 21.8. The fourth-order valence-electron chi connectivity index (χ4n) is 5.92. The first kappa shape index (κ1) is 31.8. The normalized spacial score (nSPS) is 32.0. The quantitative estimate of drug-likeness (QED) is 0.0978. The summed E-state index contributed by atoms with van der Waals surface area (Å²) in [6.45, 7) is -6.75. The van der Waals surface area contributed by atoms with E-state index in [2.05, 4.69) is 42.2 Å². The molecule has 9 unspecified atom stereocenters. The number of aliphatic hydroxyl groups excluding tert-OH is 1. The maximum absolute atomic E-state index is 15.9. The summed E-state index contributed by atoms with van der Waals surface area (Å²) in [6, 6.07) is 0. The van der Waals surface area contributed by atoms with E-state index in [-0.39, 0.29) is 40.7 Å². The molecule has 19 nitrogen and oxygen atoms in total. The van der Waals surface area contributed by atoms with E-state index in [1.807, 2.05) is 0 Å². The number of nitrogen functional groups attached to an aromatic ring is 2. The molecule has 3 aliphatic rings. The van der Waals surface area contributed by atoms with E-state index < -0.39 is 80.4 Å². The van der Waals surface area contributed by atoms with Crippen LogP contribution in [0.15, 0.2) is 23.8 Å². The maximum Gasteiger partial charge on any atom is 0.582 e. The Balaban J connectivity index is 1.23. The van der Waals surface area contributed by atoms with Crippen molar-refractivity contribution in [1.29, 1.82) is 0 Å². The molecule has 9 atom stereocenters. The summed E-state index contributed by atoms with van der Waals surface area (Å²) in [5.41, 5.74) is 6.91. The van der Waals surface area contributed by atoms with Gasteiger partial charge in [-0.2, -0.15) is 4.98 Å². The predicted molar refractivity (Wildman–Crippen MR) is 159 cm³/mol. The molecule has 4 aromatic heterocycles. The van der Waals surface area contributed by atoms with Crippen molar-refractivity contribution in [2.24, 2.45) is 0 Å². The molecule has 0 saturated carbocycles. The number of aromatic amines is 1. The predicted octanol–water partition coefficient (Wildman–Crippen LogP) is -0.0253. The van der Waals surface area contributed by atoms with Gasteiger partial charge in [0.1, 0.15) is 42.0 Å². The number of thiol groups is 1. The molecular formula is C21H23F2N10O9P2S2+. The first-order valence-electron chi connectivity index (χ1n) is 13.2. The second-order valence-electron chi connectivity index (χ2n) is 10.6. The lowest BCUT2D eigenvalue weighted by Crippen LogP contribution is -2.46. The number of nitrogens with zero attached hydrogens (tertiary/aromatic N) is 7. The molecule has 3 fully saturated rings. The van der Waals surface area contributed by atoms with Crippen molar-refractivity contribution in [2.45, 2.75) is 48.0 Å². The Kier molecular flexibility index (Phi) is 7.68. The summed E-state index contributed by atoms with van der Waals surface area (Å²) in [6.07, 6.45) is -3.49. The van der Waals surface area contributed by atoms with Crippen LogP contribution in [0, 0.1) is 0 Å². The minimum Gasteiger partial charge on any atom is -0.393 e. The third-order valence-electron chi connectivity index (χ3n) is 7.97. The number of aromatic nitrogens is 8. The van der Waals surface area contributed by atoms with Crippen molar-refractivity contribution >= 4 is 71.9 Å². The average molecular weight is 724 g/mol. The number of hydrogen-bond donors (Lipinski definition) is 6. The van der Waals surface area contributed by atoms with E-state index in [4.69, 9.17) is 46.5 Å². The van der Waals surface area contributed by atoms with Crippen molar-refractivity contribution < 1.29 is 46.6 Å². The summed E-state index contributed by atoms with van der Waals surface area (Å²) in [5.74, 6) is -4.20. The number of alkyl halides is 2. The highest BCUT2D eigenvalue weighted by Gasteiger charge is 2.69. The molecular weight excluding hydrogens is 700 g/mol. The van der Waals surface area contributed by atoms with E-state index in [0.717, 1.165) is 10.9 Å². The van der Waals surface area contributed by atoms with Gasteiger partial charge in [0.25, 0.3) is 11.5 Å². The molecule has 3 aliphatic heterocycles. The Labute approximate surface area is 265 Å². The number of rotatable bonds is 9. The van der Waals surface area contributed by atoms with Gasteiger partial charge >= 0.3 is 7.23 Å². The summed E-state index contributed by atoms with van der Waals surface area (Å²) < 4.78 is 75.3. The number of ether oxygens (including phenoxy) is 3. The molecule has 7 N–H and O–H groups in total. The lowest BCUT2D eigenvalue weighted by Gasteiger charge is -2.35. The van der Waals surface area contributed by atoms with E-state index in [1.54, 1.807) is 0 Å². The highest BCUT2D eigenvalue weighted by Crippen LogP contribution is 2.64.